The van der Waals surface area contributed by atoms with Gasteiger partial charge in [-0.15, -0.1) is 0 Å². The van der Waals surface area contributed by atoms with Gasteiger partial charge < -0.3 is 88.4 Å². The number of aldehydes is 1. The van der Waals surface area contributed by atoms with Crippen molar-refractivity contribution >= 4 is 43.0 Å². The smallest absolute Gasteiger partial charge is 0.234 e. The maximum Gasteiger partial charge on any atom is 0.234 e. The summed E-state index contributed by atoms with van der Waals surface area (Å²) in [6.07, 6.45) is 6.09. The summed E-state index contributed by atoms with van der Waals surface area (Å²) >= 11 is 0. The highest BCUT2D eigenvalue weighted by Crippen LogP contribution is 2.25. The first-order valence-electron chi connectivity index (χ1n) is 32.3. The maximum atomic E-state index is 13.2. The van der Waals surface area contributed by atoms with Gasteiger partial charge in [-0.2, -0.15) is 0 Å². The van der Waals surface area contributed by atoms with E-state index < -0.39 is 33.2 Å². The molecule has 0 atom stereocenters. The van der Waals surface area contributed by atoms with Crippen LogP contribution in [-0.2, 0) is 76.1 Å². The highest BCUT2D eigenvalue weighted by Gasteiger charge is 2.31. The second-order valence-electron chi connectivity index (χ2n) is 26.9. The highest BCUT2D eigenvalue weighted by molar-refractivity contribution is 6.73. The van der Waals surface area contributed by atoms with Crippen molar-refractivity contribution in [1.29, 1.82) is 0 Å². The van der Waals surface area contributed by atoms with Crippen molar-refractivity contribution in [3.63, 3.8) is 0 Å². The number of carbonyl (C=O) groups excluding carboxylic acids is 6. The van der Waals surface area contributed by atoms with Crippen molar-refractivity contribution in [2.45, 2.75) is 191 Å². The van der Waals surface area contributed by atoms with Crippen molar-refractivity contribution in [2.75, 3.05) is 171 Å². The Morgan fingerprint density at radius 3 is 1.25 bits per heavy atom. The van der Waals surface area contributed by atoms with E-state index in [2.05, 4.69) is 47.4 Å². The Hall–Kier alpha value is -3.40. The molecule has 0 aromatic heterocycles. The molecule has 1 radical (unpaired) electrons. The molecule has 0 spiro atoms. The van der Waals surface area contributed by atoms with Gasteiger partial charge in [0.1, 0.15) is 6.29 Å². The Bertz CT molecular complexity index is 1880. The molecule has 24 heteroatoms. The van der Waals surface area contributed by atoms with E-state index in [0.717, 1.165) is 19.3 Å². The molecule has 23 nitrogen and oxygen atoms in total. The average Bonchev–Trinajstić information content (AvgIpc) is 3.50. The van der Waals surface area contributed by atoms with Gasteiger partial charge in [0.05, 0.1) is 141 Å². The third-order valence-corrected chi connectivity index (χ3v) is 14.5. The van der Waals surface area contributed by atoms with E-state index in [-0.39, 0.29) is 60.8 Å². The minimum absolute atomic E-state index is 0.0620. The minimum atomic E-state index is -0.655. The first-order chi connectivity index (χ1) is 41.3. The second-order valence-corrected chi connectivity index (χ2v) is 26.9. The molecule has 0 saturated carbocycles. The number of nitrogens with zero attached hydrogens (tertiary/aromatic N) is 1. The van der Waals surface area contributed by atoms with E-state index in [4.69, 9.17) is 52.1 Å². The minimum Gasteiger partial charge on any atom is -0.379 e. The van der Waals surface area contributed by atoms with Crippen LogP contribution in [0, 0.1) is 16.2 Å². The first-order valence-corrected chi connectivity index (χ1v) is 32.3. The number of nitrogens with one attached hydrogen (secondary N) is 5. The van der Waals surface area contributed by atoms with Gasteiger partial charge in [-0.25, -0.2) is 0 Å². The molecule has 0 aliphatic heterocycles. The molecule has 5 N–H and O–H groups in total. The fraction of sp³-hybridized carbons (Fsp3) is 0.906. The molecule has 0 aromatic carbocycles. The fourth-order valence-electron chi connectivity index (χ4n) is 7.77. The van der Waals surface area contributed by atoms with Crippen molar-refractivity contribution in [3.05, 3.63) is 0 Å². The summed E-state index contributed by atoms with van der Waals surface area (Å²) in [7, 11) is 1.64. The van der Waals surface area contributed by atoms with Crippen LogP contribution in [0.25, 0.3) is 0 Å². The molecule has 0 fully saturated rings. The molecule has 515 valence electrons. The monoisotopic (exact) mass is 1260 g/mol. The number of rotatable bonds is 60. The van der Waals surface area contributed by atoms with Crippen LogP contribution >= 0.6 is 0 Å². The van der Waals surface area contributed by atoms with Crippen LogP contribution < -0.4 is 26.6 Å². The molecule has 88 heavy (non-hydrogen) atoms. The molecule has 0 unspecified atom stereocenters. The molecule has 0 aliphatic carbocycles. The summed E-state index contributed by atoms with van der Waals surface area (Å²) in [5.74, 6) is -0.401. The van der Waals surface area contributed by atoms with E-state index in [1.807, 2.05) is 90.0 Å². The average molecular weight is 1260 g/mol. The van der Waals surface area contributed by atoms with Crippen LogP contribution in [0.15, 0.2) is 0 Å². The van der Waals surface area contributed by atoms with Gasteiger partial charge in [-0.3, -0.25) is 24.0 Å². The molecule has 0 aliphatic rings. The standard InChI is InChI=1S/C64H124BN6O17/c1-17-58(3,4)50-66-49-55(75)70-61(9,10)52-88-64(15,16)23-28-69-56(76)60(7,8)25-34-87-63(13,14)22-27-68-54(74)20-32-79-38-42-83-46-48-85-44-40-81-36-30-71(57(77)65-18-2)29-35-80-39-43-84-47-45-82-41-37-78-31-19-53(73)67-26-21-62(11,12)86-33-24-59(5,6)51-72/h51,66H,17-50,52H2,1-16H3,(H,67,73)(H,68,74)(H,69,76)(H,70,75). The number of amides is 5. The Morgan fingerprint density at radius 2 is 0.841 bits per heavy atom. The summed E-state index contributed by atoms with van der Waals surface area (Å²) in [4.78, 5) is 75.8. The van der Waals surface area contributed by atoms with Crippen LogP contribution in [0.1, 0.15) is 162 Å². The molecule has 0 aromatic rings. The van der Waals surface area contributed by atoms with Crippen LogP contribution in [0.5, 0.6) is 0 Å². The molecule has 0 bridgehead atoms. The number of hydrogen-bond donors (Lipinski definition) is 5. The fourth-order valence-corrected chi connectivity index (χ4v) is 7.77. The summed E-state index contributed by atoms with van der Waals surface area (Å²) in [6.45, 7) is 42.0. The number of hydrogen-bond acceptors (Lipinski definition) is 18. The molecular formula is C64H124BN6O17. The zero-order chi connectivity index (χ0) is 66.4. The van der Waals surface area contributed by atoms with Gasteiger partial charge >= 0.3 is 0 Å². The molecule has 0 heterocycles. The van der Waals surface area contributed by atoms with Crippen LogP contribution in [-0.4, -0.2) is 242 Å². The summed E-state index contributed by atoms with van der Waals surface area (Å²) in [5, 5.41) is 15.2. The van der Waals surface area contributed by atoms with Gasteiger partial charge in [0.25, 0.3) is 0 Å². The van der Waals surface area contributed by atoms with Crippen molar-refractivity contribution in [1.82, 2.24) is 31.5 Å². The molecular weight excluding hydrogens is 1140 g/mol. The van der Waals surface area contributed by atoms with Crippen molar-refractivity contribution in [2.24, 2.45) is 16.2 Å². The quantitative estimate of drug-likeness (QED) is 0.0253. The second kappa shape index (κ2) is 47.5. The van der Waals surface area contributed by atoms with Gasteiger partial charge in [0.2, 0.25) is 30.9 Å². The molecule has 0 rings (SSSR count). The predicted octanol–water partition coefficient (Wildman–Crippen LogP) is 6.32. The summed E-state index contributed by atoms with van der Waals surface area (Å²) < 4.78 is 63.1. The van der Waals surface area contributed by atoms with E-state index >= 15 is 0 Å². The van der Waals surface area contributed by atoms with Crippen LogP contribution in [0.4, 0.5) is 4.79 Å². The van der Waals surface area contributed by atoms with E-state index in [9.17, 15) is 28.8 Å². The summed E-state index contributed by atoms with van der Waals surface area (Å²) in [5.41, 5.74) is -2.92. The SMILES string of the molecule is CC[B]C(=O)N(CCOCCOCCOCCOCCC(=O)NCCC(C)(C)OCCC(C)(C)C=O)CCOCCOCCOCCOCCC(=O)NCCC(C)(C)OCCC(C)(C)C(=O)NCCC(C)(C)OCC(C)(C)NC(=O)CNCC(C)(C)CC. The topological polar surface area (TPSA) is 267 Å². The zero-order valence-corrected chi connectivity index (χ0v) is 57.8. The number of ether oxygens (including phenoxy) is 11. The highest BCUT2D eigenvalue weighted by atomic mass is 16.6. The Morgan fingerprint density at radius 1 is 0.455 bits per heavy atom. The lowest BCUT2D eigenvalue weighted by Gasteiger charge is -2.33. The van der Waals surface area contributed by atoms with Gasteiger partial charge in [0, 0.05) is 76.2 Å². The lowest BCUT2D eigenvalue weighted by atomic mass is 9.74. The van der Waals surface area contributed by atoms with Gasteiger partial charge in [-0.05, 0) is 99.3 Å². The van der Waals surface area contributed by atoms with Gasteiger partial charge in [-0.1, -0.05) is 61.7 Å². The number of carbonyl (C=O) groups is 6. The molecule has 0 saturated heterocycles. The zero-order valence-electron chi connectivity index (χ0n) is 57.8. The third-order valence-electron chi connectivity index (χ3n) is 14.5. The summed E-state index contributed by atoms with van der Waals surface area (Å²) in [6, 6.07) is 0. The van der Waals surface area contributed by atoms with Crippen LogP contribution in [0.2, 0.25) is 6.32 Å². The van der Waals surface area contributed by atoms with Crippen molar-refractivity contribution in [3.8, 4) is 0 Å². The van der Waals surface area contributed by atoms with Crippen molar-refractivity contribution < 1.29 is 80.9 Å². The lowest BCUT2D eigenvalue weighted by molar-refractivity contribution is -0.132. The predicted molar refractivity (Wildman–Crippen MR) is 344 cm³/mol. The van der Waals surface area contributed by atoms with E-state index in [0.29, 0.717) is 190 Å². The Balaban J connectivity index is 3.98. The van der Waals surface area contributed by atoms with E-state index in [1.54, 1.807) is 12.2 Å². The normalized spacial score (nSPS) is 12.7. The largest absolute Gasteiger partial charge is 0.379 e. The van der Waals surface area contributed by atoms with Crippen LogP contribution in [0.3, 0.4) is 0 Å². The van der Waals surface area contributed by atoms with E-state index in [1.165, 1.54) is 0 Å². The third kappa shape index (κ3) is 49.3. The first kappa shape index (κ1) is 84.6. The Kier molecular flexibility index (Phi) is 45.7. The van der Waals surface area contributed by atoms with Gasteiger partial charge in [0.15, 0.2) is 5.81 Å². The Labute approximate surface area is 531 Å². The molecule has 5 amide bonds. The maximum absolute atomic E-state index is 13.2. The lowest BCUT2D eigenvalue weighted by Crippen LogP contribution is -2.51.